The standard InChI is InChI=1S/C23H24N2O2/c1-2-27-23(26)22(24)17-18-13-15-21(16-14-18)25(19-9-5-3-6-10-19)20-11-7-4-8-12-20/h3-16,22H,2,17,24H2,1H3. The van der Waals surface area contributed by atoms with E-state index in [1.807, 2.05) is 60.7 Å². The van der Waals surface area contributed by atoms with Gasteiger partial charge in [0.25, 0.3) is 0 Å². The number of hydrogen-bond acceptors (Lipinski definition) is 4. The highest BCUT2D eigenvalue weighted by Gasteiger charge is 2.16. The van der Waals surface area contributed by atoms with Crippen LogP contribution in [-0.2, 0) is 16.0 Å². The molecule has 0 aromatic heterocycles. The van der Waals surface area contributed by atoms with Gasteiger partial charge in [-0.15, -0.1) is 0 Å². The van der Waals surface area contributed by atoms with Crippen LogP contribution in [0.3, 0.4) is 0 Å². The van der Waals surface area contributed by atoms with Crippen molar-refractivity contribution in [2.75, 3.05) is 11.5 Å². The highest BCUT2D eigenvalue weighted by atomic mass is 16.5. The van der Waals surface area contributed by atoms with Crippen molar-refractivity contribution in [1.29, 1.82) is 0 Å². The summed E-state index contributed by atoms with van der Waals surface area (Å²) in [6.45, 7) is 2.12. The van der Waals surface area contributed by atoms with Gasteiger partial charge in [-0.05, 0) is 55.3 Å². The summed E-state index contributed by atoms with van der Waals surface area (Å²) in [5.41, 5.74) is 10.1. The smallest absolute Gasteiger partial charge is 0.323 e. The first-order valence-corrected chi connectivity index (χ1v) is 9.10. The monoisotopic (exact) mass is 360 g/mol. The van der Waals surface area contributed by atoms with Crippen LogP contribution in [0.25, 0.3) is 0 Å². The lowest BCUT2D eigenvalue weighted by Gasteiger charge is -2.25. The Labute approximate surface area is 160 Å². The number of nitrogens with zero attached hydrogens (tertiary/aromatic N) is 1. The molecule has 0 heterocycles. The lowest BCUT2D eigenvalue weighted by atomic mass is 10.1. The van der Waals surface area contributed by atoms with Crippen molar-refractivity contribution < 1.29 is 9.53 Å². The maximum absolute atomic E-state index is 11.7. The first-order chi connectivity index (χ1) is 13.2. The van der Waals surface area contributed by atoms with Crippen molar-refractivity contribution in [3.63, 3.8) is 0 Å². The van der Waals surface area contributed by atoms with E-state index >= 15 is 0 Å². The molecule has 1 atom stereocenters. The first-order valence-electron chi connectivity index (χ1n) is 9.10. The van der Waals surface area contributed by atoms with E-state index in [0.29, 0.717) is 13.0 Å². The van der Waals surface area contributed by atoms with Gasteiger partial charge >= 0.3 is 5.97 Å². The van der Waals surface area contributed by atoms with Crippen LogP contribution >= 0.6 is 0 Å². The Morgan fingerprint density at radius 2 is 1.33 bits per heavy atom. The van der Waals surface area contributed by atoms with E-state index in [1.165, 1.54) is 0 Å². The van der Waals surface area contributed by atoms with E-state index < -0.39 is 6.04 Å². The predicted octanol–water partition coefficient (Wildman–Crippen LogP) is 4.59. The van der Waals surface area contributed by atoms with E-state index in [1.54, 1.807) is 6.92 Å². The molecule has 0 amide bonds. The van der Waals surface area contributed by atoms with Gasteiger partial charge in [0.05, 0.1) is 6.61 Å². The minimum atomic E-state index is -0.643. The Kier molecular flexibility index (Phi) is 6.23. The van der Waals surface area contributed by atoms with Crippen molar-refractivity contribution in [3.8, 4) is 0 Å². The number of carbonyl (C=O) groups is 1. The average Bonchev–Trinajstić information content (AvgIpc) is 2.71. The van der Waals surface area contributed by atoms with Gasteiger partial charge in [-0.1, -0.05) is 48.5 Å². The van der Waals surface area contributed by atoms with Gasteiger partial charge in [-0.3, -0.25) is 4.79 Å². The molecule has 3 rings (SSSR count). The van der Waals surface area contributed by atoms with E-state index in [0.717, 1.165) is 22.6 Å². The SMILES string of the molecule is CCOC(=O)C(N)Cc1ccc(N(c2ccccc2)c2ccccc2)cc1. The lowest BCUT2D eigenvalue weighted by Crippen LogP contribution is -2.34. The van der Waals surface area contributed by atoms with Crippen LogP contribution in [0.5, 0.6) is 0 Å². The molecule has 27 heavy (non-hydrogen) atoms. The molecule has 0 aliphatic carbocycles. The van der Waals surface area contributed by atoms with Crippen LogP contribution in [0.1, 0.15) is 12.5 Å². The molecule has 0 radical (unpaired) electrons. The fourth-order valence-corrected chi connectivity index (χ4v) is 2.97. The van der Waals surface area contributed by atoms with Crippen molar-refractivity contribution in [2.45, 2.75) is 19.4 Å². The Morgan fingerprint density at radius 1 is 0.852 bits per heavy atom. The molecule has 3 aromatic carbocycles. The molecule has 0 spiro atoms. The summed E-state index contributed by atoms with van der Waals surface area (Å²) >= 11 is 0. The van der Waals surface area contributed by atoms with Crippen LogP contribution in [0.2, 0.25) is 0 Å². The van der Waals surface area contributed by atoms with E-state index in [9.17, 15) is 4.79 Å². The second kappa shape index (κ2) is 9.01. The molecule has 4 nitrogen and oxygen atoms in total. The van der Waals surface area contributed by atoms with Crippen molar-refractivity contribution in [1.82, 2.24) is 0 Å². The van der Waals surface area contributed by atoms with Crippen LogP contribution in [0.15, 0.2) is 84.9 Å². The number of benzene rings is 3. The number of esters is 1. The number of para-hydroxylation sites is 2. The van der Waals surface area contributed by atoms with Gasteiger partial charge in [0.15, 0.2) is 0 Å². The number of rotatable bonds is 7. The van der Waals surface area contributed by atoms with Crippen molar-refractivity contribution in [3.05, 3.63) is 90.5 Å². The first kappa shape index (κ1) is 18.7. The molecule has 1 unspecified atom stereocenters. The minimum absolute atomic E-state index is 0.342. The third kappa shape index (κ3) is 4.74. The molecule has 0 saturated heterocycles. The molecule has 4 heteroatoms. The topological polar surface area (TPSA) is 55.6 Å². The molecule has 3 aromatic rings. The second-order valence-corrected chi connectivity index (χ2v) is 6.24. The number of ether oxygens (including phenoxy) is 1. The lowest BCUT2D eigenvalue weighted by molar-refractivity contribution is -0.144. The fourth-order valence-electron chi connectivity index (χ4n) is 2.97. The Morgan fingerprint density at radius 3 is 1.81 bits per heavy atom. The van der Waals surface area contributed by atoms with E-state index in [-0.39, 0.29) is 5.97 Å². The summed E-state index contributed by atoms with van der Waals surface area (Å²) in [5.74, 6) is -0.364. The fraction of sp³-hybridized carbons (Fsp3) is 0.174. The Balaban J connectivity index is 1.85. The molecule has 0 saturated carbocycles. The van der Waals surface area contributed by atoms with Gasteiger partial charge in [0.1, 0.15) is 6.04 Å². The molecule has 0 bridgehead atoms. The maximum Gasteiger partial charge on any atom is 0.323 e. The van der Waals surface area contributed by atoms with Gasteiger partial charge in [-0.25, -0.2) is 0 Å². The third-order valence-electron chi connectivity index (χ3n) is 4.27. The van der Waals surface area contributed by atoms with Crippen LogP contribution in [0, 0.1) is 0 Å². The zero-order chi connectivity index (χ0) is 19.1. The third-order valence-corrected chi connectivity index (χ3v) is 4.27. The zero-order valence-electron chi connectivity index (χ0n) is 15.4. The summed E-state index contributed by atoms with van der Waals surface area (Å²) in [7, 11) is 0. The van der Waals surface area contributed by atoms with Crippen LogP contribution in [-0.4, -0.2) is 18.6 Å². The average molecular weight is 360 g/mol. The van der Waals surface area contributed by atoms with Gasteiger partial charge in [0, 0.05) is 17.1 Å². The molecule has 0 fully saturated rings. The maximum atomic E-state index is 11.7. The summed E-state index contributed by atoms with van der Waals surface area (Å²) < 4.78 is 4.98. The second-order valence-electron chi connectivity index (χ2n) is 6.24. The molecular weight excluding hydrogens is 336 g/mol. The van der Waals surface area contributed by atoms with Gasteiger partial charge < -0.3 is 15.4 Å². The number of nitrogens with two attached hydrogens (primary N) is 1. The molecule has 2 N–H and O–H groups in total. The van der Waals surface area contributed by atoms with Gasteiger partial charge in [-0.2, -0.15) is 0 Å². The van der Waals surface area contributed by atoms with Crippen molar-refractivity contribution in [2.24, 2.45) is 5.73 Å². The van der Waals surface area contributed by atoms with E-state index in [4.69, 9.17) is 10.5 Å². The highest BCUT2D eigenvalue weighted by Crippen LogP contribution is 2.34. The number of hydrogen-bond donors (Lipinski definition) is 1. The summed E-state index contributed by atoms with van der Waals surface area (Å²) in [6.07, 6.45) is 0.454. The van der Waals surface area contributed by atoms with Gasteiger partial charge in [0.2, 0.25) is 0 Å². The molecular formula is C23H24N2O2. The van der Waals surface area contributed by atoms with Crippen LogP contribution < -0.4 is 10.6 Å². The summed E-state index contributed by atoms with van der Waals surface area (Å²) in [5, 5.41) is 0. The minimum Gasteiger partial charge on any atom is -0.465 e. The van der Waals surface area contributed by atoms with E-state index in [2.05, 4.69) is 29.2 Å². The van der Waals surface area contributed by atoms with Crippen LogP contribution in [0.4, 0.5) is 17.1 Å². The Bertz CT molecular complexity index is 809. The summed E-state index contributed by atoms with van der Waals surface area (Å²) in [4.78, 5) is 13.9. The molecule has 0 aliphatic heterocycles. The largest absolute Gasteiger partial charge is 0.465 e. The number of carbonyl (C=O) groups excluding carboxylic acids is 1. The number of anilines is 3. The predicted molar refractivity (Wildman–Crippen MR) is 109 cm³/mol. The summed E-state index contributed by atoms with van der Waals surface area (Å²) in [6, 6.07) is 27.9. The van der Waals surface area contributed by atoms with Crippen molar-refractivity contribution >= 4 is 23.0 Å². The normalized spacial score (nSPS) is 11.6. The quantitative estimate of drug-likeness (QED) is 0.626. The molecule has 138 valence electrons. The Hall–Kier alpha value is -3.11. The zero-order valence-corrected chi connectivity index (χ0v) is 15.4. The molecule has 0 aliphatic rings. The highest BCUT2D eigenvalue weighted by molar-refractivity contribution is 5.77.